The maximum Gasteiger partial charge on any atom is 0.276 e. The van der Waals surface area contributed by atoms with Crippen molar-refractivity contribution in [3.63, 3.8) is 0 Å². The van der Waals surface area contributed by atoms with E-state index in [1.807, 2.05) is 48.5 Å². The van der Waals surface area contributed by atoms with E-state index in [2.05, 4.69) is 27.9 Å². The minimum absolute atomic E-state index is 0.190. The molecule has 3 aromatic rings. The molecule has 1 saturated heterocycles. The van der Waals surface area contributed by atoms with Crippen LogP contribution in [0.2, 0.25) is 0 Å². The first-order valence-electron chi connectivity index (χ1n) is 11.2. The minimum Gasteiger partial charge on any atom is -0.497 e. The molecule has 190 valence electrons. The molecule has 0 radical (unpaired) electrons. The number of halogens is 1. The van der Waals surface area contributed by atoms with Crippen molar-refractivity contribution < 1.29 is 23.8 Å². The van der Waals surface area contributed by atoms with Gasteiger partial charge in [0.05, 0.1) is 17.8 Å². The fourth-order valence-electron chi connectivity index (χ4n) is 3.69. The second-order valence-corrected chi connectivity index (χ2v) is 9.47. The second kappa shape index (κ2) is 11.6. The van der Waals surface area contributed by atoms with Crippen LogP contribution in [0.25, 0.3) is 6.08 Å². The Bertz CT molecular complexity index is 1360. The molecule has 1 aliphatic rings. The molecule has 1 aliphatic heterocycles. The largest absolute Gasteiger partial charge is 0.497 e. The fourth-order valence-corrected chi connectivity index (χ4v) is 4.76. The number of methoxy groups -OCH3 is 2. The van der Waals surface area contributed by atoms with Crippen molar-refractivity contribution in [1.82, 2.24) is 4.90 Å². The number of carbonyl (C=O) groups excluding carboxylic acids is 2. The molecule has 0 unspecified atom stereocenters. The van der Waals surface area contributed by atoms with Gasteiger partial charge < -0.3 is 19.5 Å². The van der Waals surface area contributed by atoms with Crippen LogP contribution in [0, 0.1) is 3.57 Å². The van der Waals surface area contributed by atoms with Gasteiger partial charge in [-0.2, -0.15) is 0 Å². The van der Waals surface area contributed by atoms with E-state index in [1.165, 1.54) is 12.0 Å². The van der Waals surface area contributed by atoms with Gasteiger partial charge in [0, 0.05) is 18.4 Å². The molecule has 0 bridgehead atoms. The second-order valence-electron chi connectivity index (χ2n) is 7.95. The van der Waals surface area contributed by atoms with Gasteiger partial charge in [-0.05, 0) is 95.0 Å². The zero-order valence-electron chi connectivity index (χ0n) is 20.4. The molecule has 37 heavy (non-hydrogen) atoms. The Kier molecular flexibility index (Phi) is 8.29. The van der Waals surface area contributed by atoms with E-state index >= 15 is 0 Å². The molecule has 2 amide bonds. The number of likely N-dealkylation sites (N-methyl/N-ethyl adjacent to an activating group) is 1. The summed E-state index contributed by atoms with van der Waals surface area (Å²) in [6.45, 7) is -0.190. The number of hydrogen-bond acceptors (Lipinski definition) is 6. The first-order valence-corrected chi connectivity index (χ1v) is 12.6. The van der Waals surface area contributed by atoms with Gasteiger partial charge in [0.15, 0.2) is 23.2 Å². The Hall–Kier alpha value is -3.64. The van der Waals surface area contributed by atoms with E-state index in [4.69, 9.17) is 26.4 Å². The Balaban J connectivity index is 1.59. The van der Waals surface area contributed by atoms with E-state index in [9.17, 15) is 9.59 Å². The van der Waals surface area contributed by atoms with Gasteiger partial charge in [-0.3, -0.25) is 19.4 Å². The van der Waals surface area contributed by atoms with Crippen molar-refractivity contribution in [3.8, 4) is 17.2 Å². The average Bonchev–Trinajstić information content (AvgIpc) is 3.11. The molecule has 0 saturated carbocycles. The summed E-state index contributed by atoms with van der Waals surface area (Å²) < 4.78 is 17.3. The molecule has 0 aliphatic carbocycles. The Morgan fingerprint density at radius 2 is 1.76 bits per heavy atom. The fraction of sp³-hybridized carbons (Fsp3) is 0.148. The number of rotatable bonds is 8. The van der Waals surface area contributed by atoms with Gasteiger partial charge >= 0.3 is 0 Å². The third-order valence-corrected chi connectivity index (χ3v) is 6.79. The number of ether oxygens (including phenoxy) is 3. The van der Waals surface area contributed by atoms with Gasteiger partial charge in [-0.15, -0.1) is 0 Å². The lowest BCUT2D eigenvalue weighted by molar-refractivity contribution is -0.121. The quantitative estimate of drug-likeness (QED) is 0.215. The van der Waals surface area contributed by atoms with Crippen LogP contribution >= 0.6 is 34.8 Å². The molecular formula is C27H24IN3O5S. The lowest BCUT2D eigenvalue weighted by atomic mass is 10.1. The van der Waals surface area contributed by atoms with E-state index in [-0.39, 0.29) is 18.4 Å². The number of amides is 2. The maximum absolute atomic E-state index is 13.1. The van der Waals surface area contributed by atoms with Crippen molar-refractivity contribution in [3.05, 3.63) is 81.6 Å². The molecule has 0 spiro atoms. The smallest absolute Gasteiger partial charge is 0.276 e. The van der Waals surface area contributed by atoms with Crippen molar-refractivity contribution in [1.29, 1.82) is 0 Å². The van der Waals surface area contributed by atoms with Crippen molar-refractivity contribution in [2.45, 2.75) is 0 Å². The molecule has 10 heteroatoms. The zero-order chi connectivity index (χ0) is 26.5. The van der Waals surface area contributed by atoms with Crippen LogP contribution in [-0.2, 0) is 9.59 Å². The number of para-hydroxylation sites is 1. The van der Waals surface area contributed by atoms with E-state index < -0.39 is 0 Å². The van der Waals surface area contributed by atoms with Gasteiger partial charge in [0.25, 0.3) is 11.8 Å². The highest BCUT2D eigenvalue weighted by Crippen LogP contribution is 2.36. The van der Waals surface area contributed by atoms with Crippen LogP contribution in [0.3, 0.4) is 0 Å². The van der Waals surface area contributed by atoms with Crippen molar-refractivity contribution in [2.75, 3.05) is 38.1 Å². The predicted octanol–water partition coefficient (Wildman–Crippen LogP) is 4.93. The molecule has 8 nitrogen and oxygen atoms in total. The Labute approximate surface area is 233 Å². The number of hydrogen-bond donors (Lipinski definition) is 1. The summed E-state index contributed by atoms with van der Waals surface area (Å²) in [5, 5.41) is 3.15. The maximum atomic E-state index is 13.1. The molecular weight excluding hydrogens is 605 g/mol. The molecule has 1 heterocycles. The summed E-state index contributed by atoms with van der Waals surface area (Å²) in [6, 6.07) is 20.0. The summed E-state index contributed by atoms with van der Waals surface area (Å²) in [5.41, 5.74) is 2.53. The molecule has 3 aromatic carbocycles. The van der Waals surface area contributed by atoms with Gasteiger partial charge in [0.2, 0.25) is 0 Å². The topological polar surface area (TPSA) is 80.3 Å². The molecule has 4 rings (SSSR count). The van der Waals surface area contributed by atoms with Crippen LogP contribution < -0.4 is 24.4 Å². The summed E-state index contributed by atoms with van der Waals surface area (Å²) in [5.74, 6) is 1.05. The highest BCUT2D eigenvalue weighted by atomic mass is 127. The molecule has 0 aromatic heterocycles. The summed E-state index contributed by atoms with van der Waals surface area (Å²) in [6.07, 6.45) is 1.75. The minimum atomic E-state index is -0.293. The summed E-state index contributed by atoms with van der Waals surface area (Å²) in [7, 11) is 4.76. The van der Waals surface area contributed by atoms with E-state index in [0.29, 0.717) is 42.9 Å². The molecule has 1 fully saturated rings. The standard InChI is InChI=1S/C27H24IN3O5S/c1-30-26(33)22(31(27(30)37)19-9-11-20(34-2)12-10-19)14-17-13-21(28)25(23(15-17)35-3)36-16-24(32)29-18-7-5-4-6-8-18/h4-15H,16H2,1-3H3,(H,29,32)/b22-14-. The first kappa shape index (κ1) is 26.4. The third-order valence-electron chi connectivity index (χ3n) is 5.53. The summed E-state index contributed by atoms with van der Waals surface area (Å²) in [4.78, 5) is 28.6. The average molecular weight is 629 g/mol. The third kappa shape index (κ3) is 5.86. The van der Waals surface area contributed by atoms with Crippen LogP contribution in [0.1, 0.15) is 5.56 Å². The van der Waals surface area contributed by atoms with Crippen molar-refractivity contribution in [2.24, 2.45) is 0 Å². The van der Waals surface area contributed by atoms with Crippen LogP contribution in [0.5, 0.6) is 17.2 Å². The number of thiocarbonyl (C=S) groups is 1. The Morgan fingerprint density at radius 3 is 2.41 bits per heavy atom. The normalized spacial score (nSPS) is 14.2. The lowest BCUT2D eigenvalue weighted by Gasteiger charge is -2.19. The number of nitrogens with one attached hydrogen (secondary N) is 1. The SMILES string of the molecule is COc1ccc(N2C(=S)N(C)C(=O)/C2=C/c2cc(I)c(OCC(=O)Nc3ccccc3)c(OC)c2)cc1. The van der Waals surface area contributed by atoms with E-state index in [1.54, 1.807) is 43.3 Å². The summed E-state index contributed by atoms with van der Waals surface area (Å²) >= 11 is 7.67. The van der Waals surface area contributed by atoms with Crippen LogP contribution in [0.15, 0.2) is 72.4 Å². The van der Waals surface area contributed by atoms with Crippen LogP contribution in [0.4, 0.5) is 11.4 Å². The highest BCUT2D eigenvalue weighted by Gasteiger charge is 2.36. The lowest BCUT2D eigenvalue weighted by Crippen LogP contribution is -2.29. The van der Waals surface area contributed by atoms with E-state index in [0.717, 1.165) is 5.69 Å². The zero-order valence-corrected chi connectivity index (χ0v) is 23.3. The monoisotopic (exact) mass is 629 g/mol. The van der Waals surface area contributed by atoms with Gasteiger partial charge in [-0.1, -0.05) is 18.2 Å². The number of benzene rings is 3. The Morgan fingerprint density at radius 1 is 1.05 bits per heavy atom. The number of anilines is 2. The molecule has 1 N–H and O–H groups in total. The van der Waals surface area contributed by atoms with Gasteiger partial charge in [0.1, 0.15) is 11.4 Å². The number of nitrogens with zero attached hydrogens (tertiary/aromatic N) is 2. The molecule has 0 atom stereocenters. The number of carbonyl (C=O) groups is 2. The van der Waals surface area contributed by atoms with Gasteiger partial charge in [-0.25, -0.2) is 0 Å². The highest BCUT2D eigenvalue weighted by molar-refractivity contribution is 14.1. The van der Waals surface area contributed by atoms with Crippen molar-refractivity contribution >= 4 is 69.2 Å². The first-order chi connectivity index (χ1) is 17.8. The predicted molar refractivity (Wildman–Crippen MR) is 155 cm³/mol. The van der Waals surface area contributed by atoms with Crippen LogP contribution in [-0.4, -0.2) is 49.7 Å².